The lowest BCUT2D eigenvalue weighted by molar-refractivity contribution is 0.483. The summed E-state index contributed by atoms with van der Waals surface area (Å²) in [6.07, 6.45) is 6.69. The zero-order chi connectivity index (χ0) is 12.1. The van der Waals surface area contributed by atoms with Crippen LogP contribution in [0.1, 0.15) is 30.5 Å². The summed E-state index contributed by atoms with van der Waals surface area (Å²) >= 11 is 0. The second-order valence-corrected chi connectivity index (χ2v) is 4.15. The maximum atomic E-state index is 5.54. The number of furan rings is 1. The molecule has 0 aliphatic rings. The molecule has 0 saturated carbocycles. The van der Waals surface area contributed by atoms with Gasteiger partial charge in [-0.05, 0) is 26.0 Å². The smallest absolute Gasteiger partial charge is 0.127 e. The fourth-order valence-corrected chi connectivity index (χ4v) is 1.79. The van der Waals surface area contributed by atoms with Gasteiger partial charge in [0.15, 0.2) is 0 Å². The molecule has 2 aromatic heterocycles. The average Bonchev–Trinajstić information content (AvgIpc) is 2.91. The highest BCUT2D eigenvalue weighted by molar-refractivity contribution is 5.17. The standard InChI is InChI=1S/C13H19N3O/c1-3-5-14-9-12-4-8-17-13(12)10-16-7-6-15-11(16)2/h4,6-8,14H,3,5,9-10H2,1-2H3. The fraction of sp³-hybridized carbons (Fsp3) is 0.462. The largest absolute Gasteiger partial charge is 0.467 e. The van der Waals surface area contributed by atoms with Crippen LogP contribution < -0.4 is 5.32 Å². The molecule has 2 rings (SSSR count). The first-order chi connectivity index (χ1) is 8.31. The zero-order valence-electron chi connectivity index (χ0n) is 10.4. The molecule has 0 aromatic carbocycles. The van der Waals surface area contributed by atoms with Gasteiger partial charge < -0.3 is 14.3 Å². The third kappa shape index (κ3) is 2.97. The van der Waals surface area contributed by atoms with Crippen molar-refractivity contribution < 1.29 is 4.42 Å². The molecular weight excluding hydrogens is 214 g/mol. The molecule has 0 atom stereocenters. The molecule has 0 fully saturated rings. The molecule has 0 radical (unpaired) electrons. The fourth-order valence-electron chi connectivity index (χ4n) is 1.79. The lowest BCUT2D eigenvalue weighted by Gasteiger charge is -2.06. The number of nitrogens with one attached hydrogen (secondary N) is 1. The SMILES string of the molecule is CCCNCc1ccoc1Cn1ccnc1C. The monoisotopic (exact) mass is 233 g/mol. The van der Waals surface area contributed by atoms with Crippen molar-refractivity contribution in [3.05, 3.63) is 41.9 Å². The van der Waals surface area contributed by atoms with Gasteiger partial charge in [-0.25, -0.2) is 4.98 Å². The van der Waals surface area contributed by atoms with Gasteiger partial charge in [-0.2, -0.15) is 0 Å². The molecule has 0 aliphatic heterocycles. The van der Waals surface area contributed by atoms with Crippen LogP contribution in [-0.2, 0) is 13.1 Å². The third-order valence-electron chi connectivity index (χ3n) is 2.82. The van der Waals surface area contributed by atoms with Gasteiger partial charge in [-0.1, -0.05) is 6.92 Å². The van der Waals surface area contributed by atoms with E-state index in [2.05, 4.69) is 21.8 Å². The molecule has 0 spiro atoms. The van der Waals surface area contributed by atoms with E-state index in [-0.39, 0.29) is 0 Å². The molecular formula is C13H19N3O. The summed E-state index contributed by atoms with van der Waals surface area (Å²) in [4.78, 5) is 4.21. The molecule has 0 bridgehead atoms. The molecule has 2 heterocycles. The maximum Gasteiger partial charge on any atom is 0.127 e. The summed E-state index contributed by atoms with van der Waals surface area (Å²) in [5.41, 5.74) is 1.23. The minimum Gasteiger partial charge on any atom is -0.467 e. The van der Waals surface area contributed by atoms with Crippen LogP contribution in [0.3, 0.4) is 0 Å². The summed E-state index contributed by atoms with van der Waals surface area (Å²) in [5.74, 6) is 2.02. The lowest BCUT2D eigenvalue weighted by Crippen LogP contribution is -2.15. The minimum atomic E-state index is 0.752. The number of nitrogens with zero attached hydrogens (tertiary/aromatic N) is 2. The van der Waals surface area contributed by atoms with Gasteiger partial charge in [0.25, 0.3) is 0 Å². The van der Waals surface area contributed by atoms with E-state index in [1.807, 2.05) is 25.4 Å². The molecule has 4 heteroatoms. The van der Waals surface area contributed by atoms with Gasteiger partial charge in [0.1, 0.15) is 11.6 Å². The molecule has 0 aliphatic carbocycles. The van der Waals surface area contributed by atoms with Crippen molar-refractivity contribution in [2.75, 3.05) is 6.54 Å². The zero-order valence-corrected chi connectivity index (χ0v) is 10.4. The van der Waals surface area contributed by atoms with E-state index in [1.54, 1.807) is 6.26 Å². The van der Waals surface area contributed by atoms with Crippen molar-refractivity contribution in [2.45, 2.75) is 33.4 Å². The highest BCUT2D eigenvalue weighted by atomic mass is 16.3. The Morgan fingerprint density at radius 3 is 3.06 bits per heavy atom. The highest BCUT2D eigenvalue weighted by Gasteiger charge is 2.07. The normalized spacial score (nSPS) is 10.9. The van der Waals surface area contributed by atoms with E-state index < -0.39 is 0 Å². The Hall–Kier alpha value is -1.55. The van der Waals surface area contributed by atoms with Gasteiger partial charge in [-0.15, -0.1) is 0 Å². The van der Waals surface area contributed by atoms with Crippen LogP contribution in [-0.4, -0.2) is 16.1 Å². The van der Waals surface area contributed by atoms with Crippen molar-refractivity contribution in [3.8, 4) is 0 Å². The molecule has 0 amide bonds. The van der Waals surface area contributed by atoms with Crippen LogP contribution in [0.15, 0.2) is 29.1 Å². The summed E-state index contributed by atoms with van der Waals surface area (Å²) in [5, 5.41) is 3.39. The Morgan fingerprint density at radius 1 is 1.47 bits per heavy atom. The van der Waals surface area contributed by atoms with Crippen LogP contribution in [0.5, 0.6) is 0 Å². The maximum absolute atomic E-state index is 5.54. The van der Waals surface area contributed by atoms with E-state index in [0.29, 0.717) is 0 Å². The average molecular weight is 233 g/mol. The van der Waals surface area contributed by atoms with Gasteiger partial charge >= 0.3 is 0 Å². The van der Waals surface area contributed by atoms with E-state index in [1.165, 1.54) is 5.56 Å². The van der Waals surface area contributed by atoms with E-state index in [9.17, 15) is 0 Å². The Bertz CT molecular complexity index is 459. The number of aromatic nitrogens is 2. The van der Waals surface area contributed by atoms with E-state index >= 15 is 0 Å². The van der Waals surface area contributed by atoms with E-state index in [0.717, 1.165) is 37.6 Å². The van der Waals surface area contributed by atoms with Crippen molar-refractivity contribution in [1.82, 2.24) is 14.9 Å². The van der Waals surface area contributed by atoms with Gasteiger partial charge in [0, 0.05) is 24.5 Å². The first-order valence-corrected chi connectivity index (χ1v) is 6.05. The molecule has 17 heavy (non-hydrogen) atoms. The van der Waals surface area contributed by atoms with Gasteiger partial charge in [-0.3, -0.25) is 0 Å². The first kappa shape index (κ1) is 11.9. The van der Waals surface area contributed by atoms with Crippen LogP contribution in [0.2, 0.25) is 0 Å². The van der Waals surface area contributed by atoms with Crippen LogP contribution in [0, 0.1) is 6.92 Å². The van der Waals surface area contributed by atoms with Gasteiger partial charge in [0.05, 0.1) is 12.8 Å². The Morgan fingerprint density at radius 2 is 2.35 bits per heavy atom. The van der Waals surface area contributed by atoms with E-state index in [4.69, 9.17) is 4.42 Å². The minimum absolute atomic E-state index is 0.752. The number of hydrogen-bond donors (Lipinski definition) is 1. The molecule has 2 aromatic rings. The second-order valence-electron chi connectivity index (χ2n) is 4.15. The number of hydrogen-bond acceptors (Lipinski definition) is 3. The molecule has 1 N–H and O–H groups in total. The number of imidazole rings is 1. The van der Waals surface area contributed by atoms with Crippen LogP contribution >= 0.6 is 0 Å². The third-order valence-corrected chi connectivity index (χ3v) is 2.82. The van der Waals surface area contributed by atoms with Crippen LogP contribution in [0.25, 0.3) is 0 Å². The van der Waals surface area contributed by atoms with Crippen molar-refractivity contribution in [3.63, 3.8) is 0 Å². The van der Waals surface area contributed by atoms with Crippen molar-refractivity contribution in [2.24, 2.45) is 0 Å². The van der Waals surface area contributed by atoms with Crippen molar-refractivity contribution in [1.29, 1.82) is 0 Å². The Kier molecular flexibility index (Phi) is 3.98. The predicted octanol–water partition coefficient (Wildman–Crippen LogP) is 2.33. The quantitative estimate of drug-likeness (QED) is 0.779. The Balaban J connectivity index is 2.01. The Labute approximate surface area is 102 Å². The molecule has 4 nitrogen and oxygen atoms in total. The predicted molar refractivity (Wildman–Crippen MR) is 66.8 cm³/mol. The molecule has 0 unspecified atom stereocenters. The lowest BCUT2D eigenvalue weighted by atomic mass is 10.2. The second kappa shape index (κ2) is 5.68. The molecule has 92 valence electrons. The topological polar surface area (TPSA) is 43.0 Å². The summed E-state index contributed by atoms with van der Waals surface area (Å²) < 4.78 is 7.62. The van der Waals surface area contributed by atoms with Crippen molar-refractivity contribution >= 4 is 0 Å². The number of rotatable bonds is 6. The summed E-state index contributed by atoms with van der Waals surface area (Å²) in [7, 11) is 0. The highest BCUT2D eigenvalue weighted by Crippen LogP contribution is 2.13. The van der Waals surface area contributed by atoms with Gasteiger partial charge in [0.2, 0.25) is 0 Å². The summed E-state index contributed by atoms with van der Waals surface area (Å²) in [6, 6.07) is 2.03. The van der Waals surface area contributed by atoms with Crippen LogP contribution in [0.4, 0.5) is 0 Å². The summed E-state index contributed by atoms with van der Waals surface area (Å²) in [6.45, 7) is 6.82. The first-order valence-electron chi connectivity index (χ1n) is 6.05. The number of aryl methyl sites for hydroxylation is 1. The molecule has 0 saturated heterocycles.